The lowest BCUT2D eigenvalue weighted by Crippen LogP contribution is -2.36. The van der Waals surface area contributed by atoms with E-state index in [2.05, 4.69) is 88.8 Å². The van der Waals surface area contributed by atoms with E-state index in [-0.39, 0.29) is 23.3 Å². The van der Waals surface area contributed by atoms with E-state index in [4.69, 9.17) is 15.6 Å². The van der Waals surface area contributed by atoms with Gasteiger partial charge in [0.15, 0.2) is 0 Å². The van der Waals surface area contributed by atoms with Crippen molar-refractivity contribution in [1.29, 1.82) is 0 Å². The maximum absolute atomic E-state index is 12.3. The molecule has 2 saturated heterocycles. The van der Waals surface area contributed by atoms with Crippen LogP contribution in [0.15, 0.2) is 58.5 Å². The van der Waals surface area contributed by atoms with Crippen molar-refractivity contribution in [1.82, 2.24) is 24.5 Å². The number of aliphatic hydroxyl groups excluding tert-OH is 1. The molecule has 0 atom stereocenters. The quantitative estimate of drug-likeness (QED) is 0.0469. The van der Waals surface area contributed by atoms with E-state index in [0.29, 0.717) is 30.1 Å². The topological polar surface area (TPSA) is 190 Å². The molecule has 0 radical (unpaired) electrons. The van der Waals surface area contributed by atoms with Crippen LogP contribution in [0.25, 0.3) is 0 Å². The summed E-state index contributed by atoms with van der Waals surface area (Å²) in [6.07, 6.45) is 15.5. The molecule has 62 heavy (non-hydrogen) atoms. The molecule has 8 rings (SSSR count). The van der Waals surface area contributed by atoms with E-state index in [1.807, 2.05) is 58.9 Å². The first-order chi connectivity index (χ1) is 30.2. The largest absolute Gasteiger partial charge is 0.393 e. The van der Waals surface area contributed by atoms with Gasteiger partial charge in [-0.1, -0.05) is 58.2 Å². The second kappa shape index (κ2) is 26.3. The van der Waals surface area contributed by atoms with Gasteiger partial charge in [-0.3, -0.25) is 14.5 Å². The number of carbonyl (C=O) groups excluding carboxylic acids is 3. The predicted octanol–water partition coefficient (Wildman–Crippen LogP) is 7.10. The fraction of sp³-hybridized carbons (Fsp3) is 0.574. The molecule has 3 aromatic rings. The Bertz CT molecular complexity index is 1850. The number of fused-ring (bicyclic) bond motifs is 2. The van der Waals surface area contributed by atoms with Crippen LogP contribution in [0.3, 0.4) is 0 Å². The Morgan fingerprint density at radius 2 is 1.73 bits per heavy atom. The summed E-state index contributed by atoms with van der Waals surface area (Å²) in [4.78, 5) is 47.8. The molecule has 1 spiro atoms. The molecule has 2 aromatic carbocycles. The van der Waals surface area contributed by atoms with Crippen LogP contribution in [0.2, 0.25) is 0 Å². The number of nitrogens with two attached hydrogens (primary N) is 1. The van der Waals surface area contributed by atoms with Gasteiger partial charge in [0, 0.05) is 60.6 Å². The summed E-state index contributed by atoms with van der Waals surface area (Å²) in [5.41, 5.74) is 10.9. The van der Waals surface area contributed by atoms with Gasteiger partial charge >= 0.3 is 0 Å². The van der Waals surface area contributed by atoms with Crippen molar-refractivity contribution in [2.45, 2.75) is 133 Å². The fourth-order valence-corrected chi connectivity index (χ4v) is 9.41. The molecule has 2 saturated carbocycles. The van der Waals surface area contributed by atoms with Crippen LogP contribution in [0.1, 0.15) is 126 Å². The highest BCUT2D eigenvalue weighted by Crippen LogP contribution is 2.54. The zero-order valence-corrected chi connectivity index (χ0v) is 38.6. The maximum atomic E-state index is 12.3. The molecule has 4 heterocycles. The Kier molecular flexibility index (Phi) is 21.3. The number of aliphatic imine (C=N–C) groups is 1. The number of likely N-dealkylation sites (tertiary alicyclic amines) is 1. The van der Waals surface area contributed by atoms with Gasteiger partial charge in [0.25, 0.3) is 0 Å². The van der Waals surface area contributed by atoms with E-state index in [1.54, 1.807) is 0 Å². The third-order valence-corrected chi connectivity index (χ3v) is 13.0. The lowest BCUT2D eigenvalue weighted by molar-refractivity contribution is -0.118. The molecule has 1 aromatic heterocycles. The van der Waals surface area contributed by atoms with Crippen molar-refractivity contribution in [3.05, 3.63) is 70.9 Å². The number of amidine groups is 1. The molecular formula is C47H72N10O4S. The number of hydrogen-bond donors (Lipinski definition) is 6. The Morgan fingerprint density at radius 1 is 1.02 bits per heavy atom. The zero-order chi connectivity index (χ0) is 44.9. The van der Waals surface area contributed by atoms with Crippen molar-refractivity contribution in [3.8, 4) is 0 Å². The second-order valence-corrected chi connectivity index (χ2v) is 17.4. The average Bonchev–Trinajstić information content (AvgIpc) is 4.07. The van der Waals surface area contributed by atoms with Gasteiger partial charge in [-0.15, -0.1) is 0 Å². The first-order valence-corrected chi connectivity index (χ1v) is 23.4. The number of hydrogen-bond acceptors (Lipinski definition) is 12. The van der Waals surface area contributed by atoms with Gasteiger partial charge in [-0.2, -0.15) is 9.98 Å². The number of amides is 2. The number of nitrogens with one attached hydrogen (secondary N) is 4. The molecular weight excluding hydrogens is 801 g/mol. The lowest BCUT2D eigenvalue weighted by Gasteiger charge is -2.33. The van der Waals surface area contributed by atoms with Gasteiger partial charge in [0.05, 0.1) is 11.5 Å². The minimum atomic E-state index is -0.346. The second-order valence-electron chi connectivity index (χ2n) is 16.2. The first kappa shape index (κ1) is 50.2. The summed E-state index contributed by atoms with van der Waals surface area (Å²) in [6, 6.07) is 15.5. The van der Waals surface area contributed by atoms with Gasteiger partial charge < -0.3 is 36.9 Å². The van der Waals surface area contributed by atoms with Gasteiger partial charge in [0.2, 0.25) is 18.3 Å². The van der Waals surface area contributed by atoms with Crippen LogP contribution < -0.4 is 27.0 Å². The molecule has 2 amide bonds. The van der Waals surface area contributed by atoms with E-state index in [9.17, 15) is 9.59 Å². The first-order valence-electron chi connectivity index (χ1n) is 22.7. The van der Waals surface area contributed by atoms with E-state index < -0.39 is 0 Å². The monoisotopic (exact) mass is 873 g/mol. The maximum Gasteiger partial charge on any atom is 0.236 e. The summed E-state index contributed by atoms with van der Waals surface area (Å²) in [7, 11) is 3.83. The molecule has 340 valence electrons. The van der Waals surface area contributed by atoms with Crippen LogP contribution in [0.5, 0.6) is 0 Å². The number of aromatic nitrogens is 2. The Balaban J connectivity index is 0.000000453. The highest BCUT2D eigenvalue weighted by molar-refractivity contribution is 7.97. The van der Waals surface area contributed by atoms with Gasteiger partial charge in [0.1, 0.15) is 18.4 Å². The van der Waals surface area contributed by atoms with Crippen molar-refractivity contribution < 1.29 is 19.5 Å². The lowest BCUT2D eigenvalue weighted by atomic mass is 9.88. The molecule has 4 fully saturated rings. The summed E-state index contributed by atoms with van der Waals surface area (Å²) >= 11 is 1.85. The fourth-order valence-electron chi connectivity index (χ4n) is 8.38. The van der Waals surface area contributed by atoms with E-state index >= 15 is 0 Å². The Labute approximate surface area is 374 Å². The standard InChI is InChI=1S/C34H41N9O2S.C6H12O.C4H11N.C2H6.CH2O/c1-36-29-18-24(5-6-27(29)30(35)38-21-44)23-7-13-42(14-8-23)20-22-3-2-4-26(17-22)46-43-15-9-25(10-16-43)39-33-37-19-28-31(41-33)40-32(45)34(28)11-12-34;7-6-4-2-1-3-5-6;1-3-4-5-2;2*1-2/h2-6,17-19,21,23,25,36H,7-16,20H2,1H3,(H2,35,38,44)(H2,37,39,40,41,45);6-7H,1-5H2;5H,3-4H2,1-2H3;1-2H3;1H2. The number of piperidine rings is 2. The van der Waals surface area contributed by atoms with E-state index in [0.717, 1.165) is 107 Å². The summed E-state index contributed by atoms with van der Waals surface area (Å²) < 4.78 is 2.45. The number of anilines is 3. The number of carbonyl (C=O) groups is 3. The van der Waals surface area contributed by atoms with Crippen LogP contribution in [-0.2, 0) is 26.3 Å². The van der Waals surface area contributed by atoms with E-state index in [1.165, 1.54) is 41.7 Å². The number of benzene rings is 2. The van der Waals surface area contributed by atoms with Crippen molar-refractivity contribution in [2.75, 3.05) is 62.8 Å². The SMILES string of the molecule is C=O.CC.CCCNC.CNc1cc(C2CCN(Cc3cccc(SN4CCC(Nc5ncc6c(n5)NC(=O)C65CC5)CC4)c3)CC2)ccc1C(N)=NC=O.OC1CCCCC1. The molecule has 3 aliphatic heterocycles. The van der Waals surface area contributed by atoms with Crippen LogP contribution in [0, 0.1) is 0 Å². The summed E-state index contributed by atoms with van der Waals surface area (Å²) in [5.74, 6) is 2.08. The van der Waals surface area contributed by atoms with Crippen LogP contribution in [-0.4, -0.2) is 108 Å². The smallest absolute Gasteiger partial charge is 0.236 e. The summed E-state index contributed by atoms with van der Waals surface area (Å²) in [6.45, 7) is 14.3. The number of aliphatic hydroxyl groups is 1. The van der Waals surface area contributed by atoms with Gasteiger partial charge in [-0.05, 0) is 138 Å². The third kappa shape index (κ3) is 14.3. The van der Waals surface area contributed by atoms with Crippen LogP contribution in [0.4, 0.5) is 17.5 Å². The zero-order valence-electron chi connectivity index (χ0n) is 37.8. The predicted molar refractivity (Wildman–Crippen MR) is 254 cm³/mol. The average molecular weight is 873 g/mol. The third-order valence-electron chi connectivity index (χ3n) is 12.0. The van der Waals surface area contributed by atoms with Crippen molar-refractivity contribution >= 4 is 54.3 Å². The van der Waals surface area contributed by atoms with Crippen molar-refractivity contribution in [2.24, 2.45) is 10.7 Å². The molecule has 7 N–H and O–H groups in total. The van der Waals surface area contributed by atoms with Crippen molar-refractivity contribution in [3.63, 3.8) is 0 Å². The Hall–Kier alpha value is -4.41. The minimum Gasteiger partial charge on any atom is -0.393 e. The van der Waals surface area contributed by atoms with Crippen LogP contribution >= 0.6 is 11.9 Å². The van der Waals surface area contributed by atoms with Gasteiger partial charge in [-0.25, -0.2) is 9.29 Å². The number of nitrogens with zero attached hydrogens (tertiary/aromatic N) is 5. The highest BCUT2D eigenvalue weighted by atomic mass is 32.2. The molecule has 0 unspecified atom stereocenters. The highest BCUT2D eigenvalue weighted by Gasteiger charge is 2.57. The molecule has 0 bridgehead atoms. The summed E-state index contributed by atoms with van der Waals surface area (Å²) in [5, 5.41) is 21.6. The Morgan fingerprint density at radius 3 is 2.31 bits per heavy atom. The molecule has 2 aliphatic carbocycles. The minimum absolute atomic E-state index is 0.0359. The molecule has 5 aliphatic rings. The number of rotatable bonds is 12. The molecule has 15 heteroatoms. The molecule has 14 nitrogen and oxygen atoms in total. The normalized spacial score (nSPS) is 18.8.